The molecule has 136 valence electrons. The van der Waals surface area contributed by atoms with E-state index < -0.39 is 17.0 Å². The van der Waals surface area contributed by atoms with Crippen molar-refractivity contribution in [2.45, 2.75) is 43.6 Å². The molecule has 2 N–H and O–H groups in total. The van der Waals surface area contributed by atoms with Crippen molar-refractivity contribution in [1.29, 1.82) is 0 Å². The number of carbonyl (C=O) groups excluding carboxylic acids is 1. The van der Waals surface area contributed by atoms with Crippen LogP contribution in [-0.2, 0) is 19.7 Å². The van der Waals surface area contributed by atoms with Crippen molar-refractivity contribution in [1.82, 2.24) is 4.90 Å². The summed E-state index contributed by atoms with van der Waals surface area (Å²) in [6, 6.07) is 8.05. The van der Waals surface area contributed by atoms with E-state index in [0.717, 1.165) is 11.1 Å². The van der Waals surface area contributed by atoms with Crippen molar-refractivity contribution in [3.8, 4) is 0 Å². The Morgan fingerprint density at radius 3 is 2.12 bits per heavy atom. The lowest BCUT2D eigenvalue weighted by Gasteiger charge is -2.43. The van der Waals surface area contributed by atoms with E-state index in [1.54, 1.807) is 4.90 Å². The molecule has 2 saturated heterocycles. The van der Waals surface area contributed by atoms with Crippen LogP contribution in [0, 0.1) is 6.92 Å². The SMILES string of the molecule is Cc1ccc(C2(C(=O)N3CCC(O)(C(=O)O)CC3)CCOCC2)cc1. The zero-order chi connectivity index (χ0) is 18.1. The van der Waals surface area contributed by atoms with Gasteiger partial charge in [-0.25, -0.2) is 4.79 Å². The molecule has 0 atom stereocenters. The van der Waals surface area contributed by atoms with Crippen LogP contribution in [0.1, 0.15) is 36.8 Å². The number of aliphatic hydroxyl groups is 1. The number of carbonyl (C=O) groups is 2. The standard InChI is InChI=1S/C19H25NO5/c1-14-2-4-15(5-3-14)18(8-12-25-13-9-18)16(21)20-10-6-19(24,7-11-20)17(22)23/h2-5,24H,6-13H2,1H3,(H,22,23). The molecule has 0 bridgehead atoms. The molecule has 0 spiro atoms. The number of amides is 1. The maximum atomic E-state index is 13.4. The molecule has 2 aliphatic heterocycles. The first-order valence-corrected chi connectivity index (χ1v) is 8.77. The molecule has 25 heavy (non-hydrogen) atoms. The van der Waals surface area contributed by atoms with Crippen molar-refractivity contribution < 1.29 is 24.5 Å². The van der Waals surface area contributed by atoms with Gasteiger partial charge in [0.2, 0.25) is 5.91 Å². The molecule has 2 heterocycles. The highest BCUT2D eigenvalue weighted by atomic mass is 16.5. The van der Waals surface area contributed by atoms with Crippen LogP contribution in [0.15, 0.2) is 24.3 Å². The Balaban J connectivity index is 1.84. The molecular weight excluding hydrogens is 322 g/mol. The summed E-state index contributed by atoms with van der Waals surface area (Å²) < 4.78 is 5.48. The molecule has 2 aliphatic rings. The number of carboxylic acid groups (broad SMARTS) is 1. The quantitative estimate of drug-likeness (QED) is 0.865. The zero-order valence-electron chi connectivity index (χ0n) is 14.5. The lowest BCUT2D eigenvalue weighted by molar-refractivity contribution is -0.166. The van der Waals surface area contributed by atoms with Crippen LogP contribution in [0.3, 0.4) is 0 Å². The average molecular weight is 347 g/mol. The fourth-order valence-corrected chi connectivity index (χ4v) is 3.81. The van der Waals surface area contributed by atoms with Crippen LogP contribution in [0.5, 0.6) is 0 Å². The van der Waals surface area contributed by atoms with Gasteiger partial charge >= 0.3 is 5.97 Å². The minimum atomic E-state index is -1.72. The summed E-state index contributed by atoms with van der Waals surface area (Å²) in [4.78, 5) is 26.3. The molecular formula is C19H25NO5. The van der Waals surface area contributed by atoms with Gasteiger partial charge < -0.3 is 19.8 Å². The summed E-state index contributed by atoms with van der Waals surface area (Å²) in [5, 5.41) is 19.3. The van der Waals surface area contributed by atoms with Crippen LogP contribution in [0.4, 0.5) is 0 Å². The summed E-state index contributed by atoms with van der Waals surface area (Å²) in [5.41, 5.74) is -0.206. The number of nitrogens with zero attached hydrogens (tertiary/aromatic N) is 1. The number of piperidine rings is 1. The average Bonchev–Trinajstić information content (AvgIpc) is 2.63. The maximum absolute atomic E-state index is 13.4. The number of benzene rings is 1. The minimum Gasteiger partial charge on any atom is -0.479 e. The van der Waals surface area contributed by atoms with Crippen LogP contribution in [0.2, 0.25) is 0 Å². The number of aryl methyl sites for hydroxylation is 1. The van der Waals surface area contributed by atoms with Crippen molar-refractivity contribution in [3.05, 3.63) is 35.4 Å². The van der Waals surface area contributed by atoms with Crippen molar-refractivity contribution in [2.75, 3.05) is 26.3 Å². The number of rotatable bonds is 3. The number of aliphatic carboxylic acids is 1. The molecule has 0 radical (unpaired) electrons. The van der Waals surface area contributed by atoms with Gasteiger partial charge in [-0.3, -0.25) is 4.79 Å². The van der Waals surface area contributed by atoms with Crippen LogP contribution in [0.25, 0.3) is 0 Å². The number of carboxylic acids is 1. The number of likely N-dealkylation sites (tertiary alicyclic amines) is 1. The van der Waals surface area contributed by atoms with E-state index in [0.29, 0.717) is 26.1 Å². The molecule has 1 amide bonds. The Morgan fingerprint density at radius 2 is 1.60 bits per heavy atom. The zero-order valence-corrected chi connectivity index (χ0v) is 14.5. The van der Waals surface area contributed by atoms with Crippen LogP contribution >= 0.6 is 0 Å². The van der Waals surface area contributed by atoms with Gasteiger partial charge in [0.25, 0.3) is 0 Å². The number of ether oxygens (including phenoxy) is 1. The molecule has 0 unspecified atom stereocenters. The molecule has 0 aromatic heterocycles. The Kier molecular flexibility index (Phi) is 4.84. The van der Waals surface area contributed by atoms with Crippen molar-refractivity contribution >= 4 is 11.9 Å². The van der Waals surface area contributed by atoms with E-state index >= 15 is 0 Å². The van der Waals surface area contributed by atoms with Crippen molar-refractivity contribution in [2.24, 2.45) is 0 Å². The number of hydrogen-bond donors (Lipinski definition) is 2. The highest BCUT2D eigenvalue weighted by Crippen LogP contribution is 2.38. The second-order valence-corrected chi connectivity index (χ2v) is 7.19. The lowest BCUT2D eigenvalue weighted by atomic mass is 9.72. The Labute approximate surface area is 147 Å². The molecule has 0 saturated carbocycles. The summed E-state index contributed by atoms with van der Waals surface area (Å²) in [7, 11) is 0. The normalized spacial score (nSPS) is 22.4. The highest BCUT2D eigenvalue weighted by Gasteiger charge is 2.47. The topological polar surface area (TPSA) is 87.1 Å². The third-order valence-corrected chi connectivity index (χ3v) is 5.64. The minimum absolute atomic E-state index is 0.0205. The predicted octanol–water partition coefficient (Wildman–Crippen LogP) is 1.48. The van der Waals surface area contributed by atoms with E-state index in [1.165, 1.54) is 0 Å². The van der Waals surface area contributed by atoms with Gasteiger partial charge in [-0.1, -0.05) is 29.8 Å². The third kappa shape index (κ3) is 3.28. The van der Waals surface area contributed by atoms with Gasteiger partial charge in [-0.2, -0.15) is 0 Å². The highest BCUT2D eigenvalue weighted by molar-refractivity contribution is 5.89. The van der Waals surface area contributed by atoms with E-state index in [2.05, 4.69) is 0 Å². The van der Waals surface area contributed by atoms with Crippen LogP contribution < -0.4 is 0 Å². The van der Waals surface area contributed by atoms with Gasteiger partial charge in [0.15, 0.2) is 5.60 Å². The van der Waals surface area contributed by atoms with E-state index in [9.17, 15) is 14.7 Å². The largest absolute Gasteiger partial charge is 0.479 e. The third-order valence-electron chi connectivity index (χ3n) is 5.64. The molecule has 2 fully saturated rings. The summed E-state index contributed by atoms with van der Waals surface area (Å²) in [6.45, 7) is 3.60. The monoisotopic (exact) mass is 347 g/mol. The van der Waals surface area contributed by atoms with Gasteiger partial charge in [-0.15, -0.1) is 0 Å². The maximum Gasteiger partial charge on any atom is 0.335 e. The Bertz CT molecular complexity index is 640. The first-order valence-electron chi connectivity index (χ1n) is 8.77. The fourth-order valence-electron chi connectivity index (χ4n) is 3.81. The molecule has 0 aliphatic carbocycles. The molecule has 1 aromatic rings. The smallest absolute Gasteiger partial charge is 0.335 e. The summed E-state index contributed by atoms with van der Waals surface area (Å²) in [6.07, 6.45) is 1.37. The van der Waals surface area contributed by atoms with E-state index in [4.69, 9.17) is 9.84 Å². The molecule has 6 nitrogen and oxygen atoms in total. The van der Waals surface area contributed by atoms with Gasteiger partial charge in [0, 0.05) is 39.1 Å². The molecule has 6 heteroatoms. The second-order valence-electron chi connectivity index (χ2n) is 7.19. The number of hydrogen-bond acceptors (Lipinski definition) is 4. The summed E-state index contributed by atoms with van der Waals surface area (Å²) in [5.74, 6) is -1.19. The van der Waals surface area contributed by atoms with Gasteiger partial charge in [0.1, 0.15) is 0 Å². The van der Waals surface area contributed by atoms with Crippen molar-refractivity contribution in [3.63, 3.8) is 0 Å². The van der Waals surface area contributed by atoms with Gasteiger partial charge in [0.05, 0.1) is 5.41 Å². The first kappa shape index (κ1) is 17.9. The Morgan fingerprint density at radius 1 is 1.04 bits per heavy atom. The van der Waals surface area contributed by atoms with E-state index in [1.807, 2.05) is 31.2 Å². The Hall–Kier alpha value is -1.92. The van der Waals surface area contributed by atoms with Gasteiger partial charge in [-0.05, 0) is 25.3 Å². The lowest BCUT2D eigenvalue weighted by Crippen LogP contribution is -2.56. The summed E-state index contributed by atoms with van der Waals surface area (Å²) >= 11 is 0. The first-order chi connectivity index (χ1) is 11.9. The van der Waals surface area contributed by atoms with E-state index in [-0.39, 0.29) is 31.8 Å². The predicted molar refractivity (Wildman–Crippen MR) is 91.3 cm³/mol. The second kappa shape index (κ2) is 6.77. The van der Waals surface area contributed by atoms with Crippen LogP contribution in [-0.4, -0.2) is 58.9 Å². The molecule has 3 rings (SSSR count). The molecule has 1 aromatic carbocycles. The fraction of sp³-hybridized carbons (Fsp3) is 0.579.